The Bertz CT molecular complexity index is 1180. The maximum Gasteiger partial charge on any atom is 0.316 e. The molecule has 2 aliphatic heterocycles. The van der Waals surface area contributed by atoms with E-state index in [0.29, 0.717) is 34.0 Å². The number of esters is 1. The normalized spacial score (nSPS) is 29.8. The van der Waals surface area contributed by atoms with Crippen molar-refractivity contribution in [1.82, 2.24) is 0 Å². The van der Waals surface area contributed by atoms with Crippen LogP contribution >= 0.6 is 11.6 Å². The zero-order valence-corrected chi connectivity index (χ0v) is 19.1. The first-order valence-electron chi connectivity index (χ1n) is 11.7. The molecule has 7 nitrogen and oxygen atoms in total. The van der Waals surface area contributed by atoms with Crippen LogP contribution in [0.15, 0.2) is 48.5 Å². The van der Waals surface area contributed by atoms with Crippen LogP contribution in [0.2, 0.25) is 5.02 Å². The molecule has 34 heavy (non-hydrogen) atoms. The predicted molar refractivity (Wildman–Crippen MR) is 124 cm³/mol. The van der Waals surface area contributed by atoms with E-state index in [1.165, 1.54) is 9.80 Å². The van der Waals surface area contributed by atoms with Gasteiger partial charge < -0.3 is 9.64 Å². The highest BCUT2D eigenvalue weighted by atomic mass is 35.5. The number of fused-ring (bicyclic) bond motifs is 5. The summed E-state index contributed by atoms with van der Waals surface area (Å²) in [4.78, 5) is 54.0. The molecule has 2 aromatic carbocycles. The molecule has 5 atom stereocenters. The van der Waals surface area contributed by atoms with E-state index in [-0.39, 0.29) is 42.5 Å². The van der Waals surface area contributed by atoms with Gasteiger partial charge in [-0.25, -0.2) is 0 Å². The maximum atomic E-state index is 13.0. The topological polar surface area (TPSA) is 84.0 Å². The first kappa shape index (κ1) is 21.4. The molecule has 0 aromatic heterocycles. The minimum absolute atomic E-state index is 0.0457. The molecule has 8 heteroatoms. The molecule has 2 bridgehead atoms. The fourth-order valence-corrected chi connectivity index (χ4v) is 6.53. The van der Waals surface area contributed by atoms with E-state index in [4.69, 9.17) is 16.3 Å². The average molecular weight is 479 g/mol. The number of carbonyl (C=O) groups is 4. The van der Waals surface area contributed by atoms with E-state index in [2.05, 4.69) is 0 Å². The van der Waals surface area contributed by atoms with Crippen LogP contribution in [0.5, 0.6) is 5.75 Å². The Balaban J connectivity index is 1.13. The number of rotatable bonds is 4. The van der Waals surface area contributed by atoms with Gasteiger partial charge in [0.2, 0.25) is 17.7 Å². The summed E-state index contributed by atoms with van der Waals surface area (Å²) in [6.07, 6.45) is 3.10. The van der Waals surface area contributed by atoms with Crippen LogP contribution < -0.4 is 14.5 Å². The fourth-order valence-electron chi connectivity index (χ4n) is 6.29. The minimum atomic E-state index is -0.611. The largest absolute Gasteiger partial charge is 0.426 e. The van der Waals surface area contributed by atoms with E-state index >= 15 is 0 Å². The second-order valence-corrected chi connectivity index (χ2v) is 10.1. The van der Waals surface area contributed by atoms with E-state index in [1.54, 1.807) is 48.5 Å². The maximum absolute atomic E-state index is 13.0. The Kier molecular flexibility index (Phi) is 4.99. The van der Waals surface area contributed by atoms with Crippen molar-refractivity contribution < 1.29 is 23.9 Å². The van der Waals surface area contributed by atoms with Gasteiger partial charge in [0.05, 0.1) is 34.2 Å². The molecule has 4 fully saturated rings. The Morgan fingerprint density at radius 3 is 2.21 bits per heavy atom. The fraction of sp³-hybridized carbons (Fsp3) is 0.385. The lowest BCUT2D eigenvalue weighted by atomic mass is 9.81. The highest BCUT2D eigenvalue weighted by molar-refractivity contribution is 6.34. The van der Waals surface area contributed by atoms with Crippen molar-refractivity contribution in [2.45, 2.75) is 25.7 Å². The van der Waals surface area contributed by atoms with Crippen LogP contribution in [0.1, 0.15) is 25.7 Å². The van der Waals surface area contributed by atoms with Gasteiger partial charge in [-0.15, -0.1) is 0 Å². The summed E-state index contributed by atoms with van der Waals surface area (Å²) in [6, 6.07) is 13.4. The third-order valence-corrected chi connectivity index (χ3v) is 8.16. The predicted octanol–water partition coefficient (Wildman–Crippen LogP) is 3.83. The van der Waals surface area contributed by atoms with Gasteiger partial charge in [-0.2, -0.15) is 0 Å². The average Bonchev–Trinajstić information content (AvgIpc) is 3.59. The van der Waals surface area contributed by atoms with Crippen molar-refractivity contribution in [2.24, 2.45) is 29.6 Å². The van der Waals surface area contributed by atoms with Crippen molar-refractivity contribution in [3.8, 4) is 5.75 Å². The molecule has 0 unspecified atom stereocenters. The van der Waals surface area contributed by atoms with Gasteiger partial charge in [0, 0.05) is 13.0 Å². The summed E-state index contributed by atoms with van der Waals surface area (Å²) >= 11 is 6.20. The number of carbonyl (C=O) groups excluding carboxylic acids is 4. The minimum Gasteiger partial charge on any atom is -0.426 e. The second-order valence-electron chi connectivity index (χ2n) is 9.67. The zero-order valence-electron chi connectivity index (χ0n) is 18.4. The van der Waals surface area contributed by atoms with Gasteiger partial charge in [0.15, 0.2) is 0 Å². The number of para-hydroxylation sites is 1. The molecule has 3 amide bonds. The molecule has 2 aliphatic carbocycles. The number of amides is 3. The van der Waals surface area contributed by atoms with Gasteiger partial charge in [-0.1, -0.05) is 23.7 Å². The SMILES string of the molecule is O=C(Oc1ccc(N2C(=O)[C@@H]3[C@H]4CC[C@@H](C4)[C@H]3C2=O)cc1)[C@H]1CC(=O)N(c2ccccc2Cl)C1. The summed E-state index contributed by atoms with van der Waals surface area (Å²) in [5.74, 6) is -0.892. The van der Waals surface area contributed by atoms with Crippen molar-refractivity contribution in [1.29, 1.82) is 0 Å². The first-order chi connectivity index (χ1) is 16.4. The number of benzene rings is 2. The van der Waals surface area contributed by atoms with Gasteiger partial charge in [-0.3, -0.25) is 24.1 Å². The summed E-state index contributed by atoms with van der Waals surface area (Å²) in [5.41, 5.74) is 1.08. The molecule has 174 valence electrons. The van der Waals surface area contributed by atoms with Gasteiger partial charge >= 0.3 is 5.97 Å². The number of hydrogen-bond acceptors (Lipinski definition) is 5. The lowest BCUT2D eigenvalue weighted by Crippen LogP contribution is -2.32. The molecule has 0 N–H and O–H groups in total. The Morgan fingerprint density at radius 2 is 1.56 bits per heavy atom. The molecule has 2 saturated carbocycles. The van der Waals surface area contributed by atoms with Crippen LogP contribution in [0.3, 0.4) is 0 Å². The summed E-state index contributed by atoms with van der Waals surface area (Å²) in [7, 11) is 0. The third kappa shape index (κ3) is 3.25. The molecule has 2 heterocycles. The molecular weight excluding hydrogens is 456 g/mol. The zero-order chi connectivity index (χ0) is 23.6. The standard InChI is InChI=1S/C26H23ClN2O5/c27-19-3-1-2-4-20(19)28-13-16(12-21(28)30)26(33)34-18-9-7-17(8-10-18)29-24(31)22-14-5-6-15(11-14)23(22)25(29)32/h1-4,7-10,14-16,22-23H,5-6,11-13H2/t14-,15-,16-,22+,23+/m0/s1. The Labute approximate surface area is 201 Å². The van der Waals surface area contributed by atoms with Gasteiger partial charge in [-0.05, 0) is 67.5 Å². The Morgan fingerprint density at radius 1 is 0.912 bits per heavy atom. The quantitative estimate of drug-likeness (QED) is 0.379. The van der Waals surface area contributed by atoms with E-state index < -0.39 is 11.9 Å². The van der Waals surface area contributed by atoms with E-state index in [9.17, 15) is 19.2 Å². The molecule has 6 rings (SSSR count). The second kappa shape index (κ2) is 7.94. The summed E-state index contributed by atoms with van der Waals surface area (Å²) < 4.78 is 5.51. The number of anilines is 2. The van der Waals surface area contributed by atoms with Crippen LogP contribution in [-0.2, 0) is 19.2 Å². The lowest BCUT2D eigenvalue weighted by molar-refractivity contribution is -0.139. The highest BCUT2D eigenvalue weighted by Gasteiger charge is 2.61. The highest BCUT2D eigenvalue weighted by Crippen LogP contribution is 2.56. The van der Waals surface area contributed by atoms with Crippen LogP contribution in [0, 0.1) is 29.6 Å². The first-order valence-corrected chi connectivity index (χ1v) is 12.0. The monoisotopic (exact) mass is 478 g/mol. The number of ether oxygens (including phenoxy) is 1. The smallest absolute Gasteiger partial charge is 0.316 e. The van der Waals surface area contributed by atoms with Crippen molar-refractivity contribution in [2.75, 3.05) is 16.3 Å². The van der Waals surface area contributed by atoms with E-state index in [1.807, 2.05) is 0 Å². The summed E-state index contributed by atoms with van der Waals surface area (Å²) in [6.45, 7) is 0.196. The van der Waals surface area contributed by atoms with Crippen molar-refractivity contribution in [3.05, 3.63) is 53.6 Å². The molecule has 4 aliphatic rings. The number of imide groups is 1. The molecule has 2 saturated heterocycles. The number of hydrogen-bond donors (Lipinski definition) is 0. The van der Waals surface area contributed by atoms with Crippen LogP contribution in [0.4, 0.5) is 11.4 Å². The Hall–Kier alpha value is -3.19. The van der Waals surface area contributed by atoms with Crippen molar-refractivity contribution in [3.63, 3.8) is 0 Å². The van der Waals surface area contributed by atoms with Gasteiger partial charge in [0.25, 0.3) is 0 Å². The summed E-state index contributed by atoms with van der Waals surface area (Å²) in [5, 5.41) is 0.448. The van der Waals surface area contributed by atoms with Crippen LogP contribution in [-0.4, -0.2) is 30.2 Å². The third-order valence-electron chi connectivity index (χ3n) is 7.84. The molecular formula is C26H23ClN2O5. The molecule has 0 radical (unpaired) electrons. The lowest BCUT2D eigenvalue weighted by Gasteiger charge is -2.19. The van der Waals surface area contributed by atoms with Gasteiger partial charge in [0.1, 0.15) is 5.75 Å². The number of halogens is 1. The van der Waals surface area contributed by atoms with Crippen molar-refractivity contribution >= 4 is 46.7 Å². The van der Waals surface area contributed by atoms with Crippen LogP contribution in [0.25, 0.3) is 0 Å². The molecule has 0 spiro atoms. The van der Waals surface area contributed by atoms with E-state index in [0.717, 1.165) is 19.3 Å². The molecule has 2 aromatic rings. The number of nitrogens with zero attached hydrogens (tertiary/aromatic N) is 2.